The predicted octanol–water partition coefficient (Wildman–Crippen LogP) is 2.39. The molecule has 1 aromatic carbocycles. The molecule has 5 rings (SSSR count). The lowest BCUT2D eigenvalue weighted by molar-refractivity contribution is 0.0770. The van der Waals surface area contributed by atoms with Crippen LogP contribution in [0.3, 0.4) is 0 Å². The van der Waals surface area contributed by atoms with Crippen molar-refractivity contribution in [3.05, 3.63) is 60.0 Å². The van der Waals surface area contributed by atoms with E-state index in [2.05, 4.69) is 45.6 Å². The number of imidazole rings is 1. The van der Waals surface area contributed by atoms with Crippen LogP contribution in [0.1, 0.15) is 22.3 Å². The fraction of sp³-hybridized carbons (Fsp3) is 0.429. The number of hydrogen-bond acceptors (Lipinski definition) is 3. The number of benzene rings is 1. The first kappa shape index (κ1) is 19.0. The first-order valence-electron chi connectivity index (χ1n) is 9.69. The topological polar surface area (TPSA) is 54.6 Å². The zero-order chi connectivity index (χ0) is 18.4. The molecule has 2 fully saturated rings. The molecule has 2 atom stereocenters. The summed E-state index contributed by atoms with van der Waals surface area (Å²) in [7, 11) is 1.96. The number of fused-ring (bicyclic) bond motifs is 2. The Morgan fingerprint density at radius 2 is 2.11 bits per heavy atom. The molecule has 2 unspecified atom stereocenters. The molecule has 0 saturated carbocycles. The monoisotopic (exact) mass is 399 g/mol. The standard InChI is InChI=1S/C21H25N5O.ClH/c1-24-9-10-26-19(24)18(12-23-26)20(27)25-13-17-11-22-14-21(17,15-25)8-7-16-5-3-2-4-6-16;/h2-6,9-10,12,17,22H,7-8,11,13-15H2,1H3;1H. The van der Waals surface area contributed by atoms with E-state index in [1.54, 1.807) is 10.7 Å². The molecule has 2 aliphatic heterocycles. The smallest absolute Gasteiger partial charge is 0.259 e. The second-order valence-electron chi connectivity index (χ2n) is 8.10. The molecule has 1 N–H and O–H groups in total. The van der Waals surface area contributed by atoms with Crippen molar-refractivity contribution >= 4 is 24.0 Å². The Morgan fingerprint density at radius 3 is 2.93 bits per heavy atom. The van der Waals surface area contributed by atoms with Gasteiger partial charge in [-0.25, -0.2) is 4.52 Å². The van der Waals surface area contributed by atoms with Crippen molar-refractivity contribution in [3.8, 4) is 0 Å². The number of halogens is 1. The SMILES string of the molecule is Cl.Cn1ccn2ncc(C(=O)N3CC4CNCC4(CCc4ccccc4)C3)c12. The Bertz CT molecular complexity index is 981. The minimum absolute atomic E-state index is 0. The van der Waals surface area contributed by atoms with Gasteiger partial charge in [-0.15, -0.1) is 12.4 Å². The maximum Gasteiger partial charge on any atom is 0.259 e. The predicted molar refractivity (Wildman–Crippen MR) is 111 cm³/mol. The number of carbonyl (C=O) groups is 1. The van der Waals surface area contributed by atoms with Gasteiger partial charge in [-0.1, -0.05) is 30.3 Å². The summed E-state index contributed by atoms with van der Waals surface area (Å²) in [6, 6.07) is 10.7. The van der Waals surface area contributed by atoms with Gasteiger partial charge in [0.2, 0.25) is 0 Å². The fourth-order valence-electron chi connectivity index (χ4n) is 4.95. The van der Waals surface area contributed by atoms with Gasteiger partial charge in [-0.05, 0) is 24.3 Å². The number of carbonyl (C=O) groups excluding carboxylic acids is 1. The van der Waals surface area contributed by atoms with E-state index < -0.39 is 0 Å². The number of hydrogen-bond donors (Lipinski definition) is 1. The quantitative estimate of drug-likeness (QED) is 0.732. The van der Waals surface area contributed by atoms with E-state index in [1.165, 1.54) is 5.56 Å². The van der Waals surface area contributed by atoms with Crippen molar-refractivity contribution in [1.82, 2.24) is 24.4 Å². The van der Waals surface area contributed by atoms with Gasteiger partial charge in [0.1, 0.15) is 11.2 Å². The molecule has 4 heterocycles. The van der Waals surface area contributed by atoms with E-state index >= 15 is 0 Å². The van der Waals surface area contributed by atoms with Crippen molar-refractivity contribution in [2.24, 2.45) is 18.4 Å². The van der Waals surface area contributed by atoms with E-state index in [0.717, 1.165) is 44.7 Å². The molecule has 0 bridgehead atoms. The van der Waals surface area contributed by atoms with Crippen LogP contribution in [0.4, 0.5) is 0 Å². The van der Waals surface area contributed by atoms with Crippen LogP contribution in [-0.4, -0.2) is 51.2 Å². The Hall–Kier alpha value is -2.31. The number of aromatic nitrogens is 3. The van der Waals surface area contributed by atoms with Crippen molar-refractivity contribution in [2.75, 3.05) is 26.2 Å². The van der Waals surface area contributed by atoms with Crippen LogP contribution in [-0.2, 0) is 13.5 Å². The highest BCUT2D eigenvalue weighted by Crippen LogP contribution is 2.43. The van der Waals surface area contributed by atoms with Crippen LogP contribution in [0.2, 0.25) is 0 Å². The molecule has 3 aromatic rings. The molecule has 28 heavy (non-hydrogen) atoms. The lowest BCUT2D eigenvalue weighted by Gasteiger charge is -2.28. The summed E-state index contributed by atoms with van der Waals surface area (Å²) in [6.45, 7) is 3.68. The first-order valence-corrected chi connectivity index (χ1v) is 9.69. The number of aryl methyl sites for hydroxylation is 2. The second kappa shape index (κ2) is 7.26. The molecule has 0 spiro atoms. The maximum atomic E-state index is 13.3. The van der Waals surface area contributed by atoms with E-state index in [1.807, 2.05) is 24.0 Å². The van der Waals surface area contributed by atoms with Crippen molar-refractivity contribution in [2.45, 2.75) is 12.8 Å². The lowest BCUT2D eigenvalue weighted by atomic mass is 9.76. The van der Waals surface area contributed by atoms with Crippen LogP contribution < -0.4 is 5.32 Å². The van der Waals surface area contributed by atoms with Crippen LogP contribution in [0.15, 0.2) is 48.9 Å². The summed E-state index contributed by atoms with van der Waals surface area (Å²) in [5.41, 5.74) is 3.14. The van der Waals surface area contributed by atoms with Crippen LogP contribution in [0.25, 0.3) is 5.65 Å². The van der Waals surface area contributed by atoms with Crippen molar-refractivity contribution < 1.29 is 4.79 Å². The summed E-state index contributed by atoms with van der Waals surface area (Å²) < 4.78 is 3.74. The summed E-state index contributed by atoms with van der Waals surface area (Å²) in [4.78, 5) is 15.3. The summed E-state index contributed by atoms with van der Waals surface area (Å²) in [6.07, 6.45) is 7.71. The molecule has 2 saturated heterocycles. The van der Waals surface area contributed by atoms with Crippen molar-refractivity contribution in [1.29, 1.82) is 0 Å². The molecule has 7 heteroatoms. The molecule has 2 aliphatic rings. The number of nitrogens with zero attached hydrogens (tertiary/aromatic N) is 4. The molecule has 148 valence electrons. The number of likely N-dealkylation sites (tertiary alicyclic amines) is 1. The zero-order valence-electron chi connectivity index (χ0n) is 16.0. The van der Waals surface area contributed by atoms with Gasteiger partial charge in [0.15, 0.2) is 0 Å². The third-order valence-corrected chi connectivity index (χ3v) is 6.49. The molecule has 0 radical (unpaired) electrons. The average molecular weight is 400 g/mol. The minimum Gasteiger partial charge on any atom is -0.338 e. The van der Waals surface area contributed by atoms with Gasteiger partial charge in [-0.3, -0.25) is 4.79 Å². The molecular weight excluding hydrogens is 374 g/mol. The van der Waals surface area contributed by atoms with E-state index in [9.17, 15) is 4.79 Å². The summed E-state index contributed by atoms with van der Waals surface area (Å²) in [5, 5.41) is 7.91. The van der Waals surface area contributed by atoms with E-state index in [-0.39, 0.29) is 23.7 Å². The minimum atomic E-state index is 0. The normalized spacial score (nSPS) is 23.8. The summed E-state index contributed by atoms with van der Waals surface area (Å²) in [5.74, 6) is 0.643. The fourth-order valence-corrected chi connectivity index (χ4v) is 4.95. The van der Waals surface area contributed by atoms with Crippen LogP contribution in [0.5, 0.6) is 0 Å². The molecule has 0 aliphatic carbocycles. The summed E-state index contributed by atoms with van der Waals surface area (Å²) >= 11 is 0. The second-order valence-corrected chi connectivity index (χ2v) is 8.10. The van der Waals surface area contributed by atoms with Gasteiger partial charge in [0.05, 0.1) is 6.20 Å². The highest BCUT2D eigenvalue weighted by Gasteiger charge is 2.50. The third-order valence-electron chi connectivity index (χ3n) is 6.49. The third kappa shape index (κ3) is 3.01. The molecule has 6 nitrogen and oxygen atoms in total. The highest BCUT2D eigenvalue weighted by molar-refractivity contribution is 6.00. The number of rotatable bonds is 4. The van der Waals surface area contributed by atoms with Gasteiger partial charge in [0.25, 0.3) is 5.91 Å². The maximum absolute atomic E-state index is 13.3. The van der Waals surface area contributed by atoms with Gasteiger partial charge < -0.3 is 14.8 Å². The van der Waals surface area contributed by atoms with Crippen LogP contribution in [0, 0.1) is 11.3 Å². The highest BCUT2D eigenvalue weighted by atomic mass is 35.5. The Morgan fingerprint density at radius 1 is 1.29 bits per heavy atom. The van der Waals surface area contributed by atoms with Gasteiger partial charge in [-0.2, -0.15) is 5.10 Å². The Kier molecular flexibility index (Phi) is 4.93. The van der Waals surface area contributed by atoms with Crippen LogP contribution >= 0.6 is 12.4 Å². The Labute approximate surface area is 170 Å². The van der Waals surface area contributed by atoms with Crippen molar-refractivity contribution in [3.63, 3.8) is 0 Å². The Balaban J connectivity index is 0.00000192. The number of nitrogens with one attached hydrogen (secondary N) is 1. The molecular formula is C21H26ClN5O. The number of amides is 1. The van der Waals surface area contributed by atoms with E-state index in [4.69, 9.17) is 0 Å². The molecule has 2 aromatic heterocycles. The largest absolute Gasteiger partial charge is 0.338 e. The van der Waals surface area contributed by atoms with Gasteiger partial charge >= 0.3 is 0 Å². The van der Waals surface area contributed by atoms with Gasteiger partial charge in [0, 0.05) is 51.0 Å². The lowest BCUT2D eigenvalue weighted by Crippen LogP contribution is -2.36. The van der Waals surface area contributed by atoms with E-state index in [0.29, 0.717) is 11.5 Å². The first-order chi connectivity index (χ1) is 13.2. The molecule has 1 amide bonds. The average Bonchev–Trinajstić information content (AvgIpc) is 3.42. The zero-order valence-corrected chi connectivity index (χ0v) is 16.9.